The third-order valence-corrected chi connectivity index (χ3v) is 5.11. The van der Waals surface area contributed by atoms with Gasteiger partial charge in [-0.2, -0.15) is 12.7 Å². The minimum Gasteiger partial charge on any atom is -0.481 e. The number of hydrogen-bond acceptors (Lipinski definition) is 3. The van der Waals surface area contributed by atoms with Crippen LogP contribution in [0.25, 0.3) is 0 Å². The van der Waals surface area contributed by atoms with Crippen LogP contribution in [0.3, 0.4) is 0 Å². The lowest BCUT2D eigenvalue weighted by Crippen LogP contribution is -2.45. The average Bonchev–Trinajstić information content (AvgIpc) is 2.70. The van der Waals surface area contributed by atoms with E-state index in [9.17, 15) is 13.2 Å². The van der Waals surface area contributed by atoms with Gasteiger partial charge >= 0.3 is 5.97 Å². The number of carbonyl (C=O) groups is 1. The normalized spacial score (nSPS) is 22.8. The highest BCUT2D eigenvalue weighted by molar-refractivity contribution is 7.87. The van der Waals surface area contributed by atoms with Gasteiger partial charge in [-0.3, -0.25) is 4.79 Å². The SMILES string of the molecule is CC(C)CC(CNS(=O)(=O)N1CCCC1C)C(=O)O. The Balaban J connectivity index is 2.60. The zero-order valence-electron chi connectivity index (χ0n) is 11.8. The van der Waals surface area contributed by atoms with Crippen LogP contribution in [-0.4, -0.2) is 42.9 Å². The van der Waals surface area contributed by atoms with E-state index in [1.54, 1.807) is 0 Å². The van der Waals surface area contributed by atoms with Crippen molar-refractivity contribution in [3.8, 4) is 0 Å². The van der Waals surface area contributed by atoms with Gasteiger partial charge in [0.2, 0.25) is 0 Å². The molecule has 2 atom stereocenters. The number of aliphatic carboxylic acids is 1. The summed E-state index contributed by atoms with van der Waals surface area (Å²) in [5.41, 5.74) is 0. The van der Waals surface area contributed by atoms with Gasteiger partial charge in [-0.25, -0.2) is 4.72 Å². The van der Waals surface area contributed by atoms with Crippen molar-refractivity contribution in [2.24, 2.45) is 11.8 Å². The Labute approximate surface area is 115 Å². The molecule has 19 heavy (non-hydrogen) atoms. The molecule has 7 heteroatoms. The lowest BCUT2D eigenvalue weighted by molar-refractivity contribution is -0.142. The van der Waals surface area contributed by atoms with Gasteiger partial charge in [0, 0.05) is 19.1 Å². The first-order chi connectivity index (χ1) is 8.74. The molecule has 112 valence electrons. The van der Waals surface area contributed by atoms with Crippen molar-refractivity contribution in [1.29, 1.82) is 0 Å². The van der Waals surface area contributed by atoms with E-state index < -0.39 is 22.1 Å². The molecule has 0 bridgehead atoms. The van der Waals surface area contributed by atoms with E-state index in [2.05, 4.69) is 4.72 Å². The predicted molar refractivity (Wildman–Crippen MR) is 72.9 cm³/mol. The number of nitrogens with zero attached hydrogens (tertiary/aromatic N) is 1. The predicted octanol–water partition coefficient (Wildman–Crippen LogP) is 1.05. The summed E-state index contributed by atoms with van der Waals surface area (Å²) in [5, 5.41) is 9.09. The summed E-state index contributed by atoms with van der Waals surface area (Å²) >= 11 is 0. The zero-order valence-corrected chi connectivity index (χ0v) is 12.6. The number of nitrogens with one attached hydrogen (secondary N) is 1. The molecule has 0 amide bonds. The fourth-order valence-corrected chi connectivity index (χ4v) is 3.92. The van der Waals surface area contributed by atoms with Crippen LogP contribution >= 0.6 is 0 Å². The molecule has 1 heterocycles. The second-order valence-corrected chi connectivity index (χ2v) is 7.33. The van der Waals surface area contributed by atoms with Crippen LogP contribution in [0, 0.1) is 11.8 Å². The molecule has 2 N–H and O–H groups in total. The maximum Gasteiger partial charge on any atom is 0.307 e. The van der Waals surface area contributed by atoms with Gasteiger partial charge in [0.1, 0.15) is 0 Å². The highest BCUT2D eigenvalue weighted by Crippen LogP contribution is 2.20. The van der Waals surface area contributed by atoms with Crippen LogP contribution in [0.15, 0.2) is 0 Å². The third-order valence-electron chi connectivity index (χ3n) is 3.42. The van der Waals surface area contributed by atoms with Crippen molar-refractivity contribution in [3.05, 3.63) is 0 Å². The number of carboxylic acids is 1. The maximum absolute atomic E-state index is 12.1. The average molecular weight is 292 g/mol. The summed E-state index contributed by atoms with van der Waals surface area (Å²) in [6, 6.07) is -0.00845. The summed E-state index contributed by atoms with van der Waals surface area (Å²) < 4.78 is 28.0. The molecule has 2 unspecified atom stereocenters. The van der Waals surface area contributed by atoms with Crippen molar-refractivity contribution < 1.29 is 18.3 Å². The van der Waals surface area contributed by atoms with E-state index in [1.807, 2.05) is 20.8 Å². The Hall–Kier alpha value is -0.660. The first-order valence-corrected chi connectivity index (χ1v) is 8.17. The summed E-state index contributed by atoms with van der Waals surface area (Å²) in [4.78, 5) is 11.1. The van der Waals surface area contributed by atoms with E-state index in [4.69, 9.17) is 5.11 Å². The molecule has 0 aromatic carbocycles. The van der Waals surface area contributed by atoms with Crippen molar-refractivity contribution >= 4 is 16.2 Å². The molecule has 0 aliphatic carbocycles. The summed E-state index contributed by atoms with van der Waals surface area (Å²) in [7, 11) is -3.55. The Morgan fingerprint density at radius 1 is 1.47 bits per heavy atom. The van der Waals surface area contributed by atoms with Crippen molar-refractivity contribution in [1.82, 2.24) is 9.03 Å². The summed E-state index contributed by atoms with van der Waals surface area (Å²) in [6.07, 6.45) is 2.18. The molecule has 1 rings (SSSR count). The Bertz CT molecular complexity index is 408. The molecule has 1 aliphatic heterocycles. The van der Waals surface area contributed by atoms with Crippen LogP contribution < -0.4 is 4.72 Å². The monoisotopic (exact) mass is 292 g/mol. The van der Waals surface area contributed by atoms with Gasteiger partial charge in [0.05, 0.1) is 5.92 Å². The van der Waals surface area contributed by atoms with Crippen LogP contribution in [0.1, 0.15) is 40.0 Å². The minimum atomic E-state index is -3.55. The maximum atomic E-state index is 12.1. The molecular weight excluding hydrogens is 268 g/mol. The van der Waals surface area contributed by atoms with Crippen LogP contribution in [0.2, 0.25) is 0 Å². The van der Waals surface area contributed by atoms with Crippen LogP contribution in [-0.2, 0) is 15.0 Å². The lowest BCUT2D eigenvalue weighted by Gasteiger charge is -2.23. The van der Waals surface area contributed by atoms with E-state index in [0.717, 1.165) is 12.8 Å². The molecule has 1 fully saturated rings. The molecule has 0 spiro atoms. The number of hydrogen-bond donors (Lipinski definition) is 2. The van der Waals surface area contributed by atoms with Gasteiger partial charge in [0.15, 0.2) is 0 Å². The molecule has 1 aliphatic rings. The summed E-state index contributed by atoms with van der Waals surface area (Å²) in [5.74, 6) is -1.41. The molecule has 1 saturated heterocycles. The first kappa shape index (κ1) is 16.4. The van der Waals surface area contributed by atoms with Gasteiger partial charge in [-0.15, -0.1) is 0 Å². The van der Waals surface area contributed by atoms with Crippen molar-refractivity contribution in [2.75, 3.05) is 13.1 Å². The zero-order chi connectivity index (χ0) is 14.6. The van der Waals surface area contributed by atoms with Crippen LogP contribution in [0.5, 0.6) is 0 Å². The summed E-state index contributed by atoms with van der Waals surface area (Å²) in [6.45, 7) is 6.19. The Morgan fingerprint density at radius 2 is 2.11 bits per heavy atom. The highest BCUT2D eigenvalue weighted by Gasteiger charge is 2.32. The van der Waals surface area contributed by atoms with Gasteiger partial charge in [0.25, 0.3) is 10.2 Å². The van der Waals surface area contributed by atoms with Gasteiger partial charge < -0.3 is 5.11 Å². The second kappa shape index (κ2) is 6.67. The molecule has 0 radical (unpaired) electrons. The Kier molecular flexibility index (Phi) is 5.76. The molecule has 0 saturated carbocycles. The van der Waals surface area contributed by atoms with Crippen molar-refractivity contribution in [3.63, 3.8) is 0 Å². The van der Waals surface area contributed by atoms with E-state index in [0.29, 0.717) is 13.0 Å². The Morgan fingerprint density at radius 3 is 2.53 bits per heavy atom. The lowest BCUT2D eigenvalue weighted by atomic mass is 9.98. The first-order valence-electron chi connectivity index (χ1n) is 6.73. The quantitative estimate of drug-likeness (QED) is 0.734. The largest absolute Gasteiger partial charge is 0.481 e. The fourth-order valence-electron chi connectivity index (χ4n) is 2.39. The number of rotatable bonds is 7. The van der Waals surface area contributed by atoms with Crippen LogP contribution in [0.4, 0.5) is 0 Å². The standard InChI is InChI=1S/C12H24N2O4S/c1-9(2)7-11(12(15)16)8-13-19(17,18)14-6-4-5-10(14)3/h9-11,13H,4-8H2,1-3H3,(H,15,16). The van der Waals surface area contributed by atoms with E-state index in [-0.39, 0.29) is 18.5 Å². The smallest absolute Gasteiger partial charge is 0.307 e. The van der Waals surface area contributed by atoms with E-state index in [1.165, 1.54) is 4.31 Å². The minimum absolute atomic E-state index is 0.00845. The fraction of sp³-hybridized carbons (Fsp3) is 0.917. The van der Waals surface area contributed by atoms with E-state index >= 15 is 0 Å². The highest BCUT2D eigenvalue weighted by atomic mass is 32.2. The van der Waals surface area contributed by atoms with Gasteiger partial charge in [-0.05, 0) is 32.1 Å². The molecule has 0 aromatic rings. The molecular formula is C12H24N2O4S. The molecule has 6 nitrogen and oxygen atoms in total. The third kappa shape index (κ3) is 4.74. The van der Waals surface area contributed by atoms with Gasteiger partial charge in [-0.1, -0.05) is 13.8 Å². The van der Waals surface area contributed by atoms with Crippen molar-refractivity contribution in [2.45, 2.75) is 46.1 Å². The number of carboxylic acid groups (broad SMARTS) is 1. The second-order valence-electron chi connectivity index (χ2n) is 5.62. The molecule has 0 aromatic heterocycles. The topological polar surface area (TPSA) is 86.7 Å².